The average Bonchev–Trinajstić information content (AvgIpc) is 2.62. The molecule has 0 aromatic carbocycles. The summed E-state index contributed by atoms with van der Waals surface area (Å²) >= 11 is 4.51. The van der Waals surface area contributed by atoms with Crippen LogP contribution in [0.25, 0.3) is 11.0 Å². The standard InChI is InChI=1S/C9H7N3S.H2/c13-6-10-5-7-1-3-11-9-8(7)2-4-12-9;/h1-4H,5H2,(H,11,12);1H. The molecule has 13 heavy (non-hydrogen) atoms. The van der Waals surface area contributed by atoms with E-state index in [-0.39, 0.29) is 1.43 Å². The number of aromatic amines is 1. The Balaban J connectivity index is 0.000000980. The summed E-state index contributed by atoms with van der Waals surface area (Å²) < 4.78 is 0. The molecule has 0 unspecified atom stereocenters. The number of hydrogen-bond donors (Lipinski definition) is 1. The second kappa shape index (κ2) is 3.47. The Bertz CT molecular complexity index is 474. The lowest BCUT2D eigenvalue weighted by Crippen LogP contribution is -1.84. The summed E-state index contributed by atoms with van der Waals surface area (Å²) in [6.07, 6.45) is 3.62. The number of hydrogen-bond acceptors (Lipinski definition) is 3. The Hall–Kier alpha value is -1.51. The molecule has 2 aromatic heterocycles. The third-order valence-corrected chi connectivity index (χ3v) is 1.99. The van der Waals surface area contributed by atoms with Crippen LogP contribution in [0.4, 0.5) is 0 Å². The summed E-state index contributed by atoms with van der Waals surface area (Å²) in [5, 5.41) is 3.44. The van der Waals surface area contributed by atoms with Crippen molar-refractivity contribution in [3.05, 3.63) is 30.1 Å². The van der Waals surface area contributed by atoms with Gasteiger partial charge in [0.2, 0.25) is 0 Å². The highest BCUT2D eigenvalue weighted by Gasteiger charge is 2.00. The predicted octanol–water partition coefficient (Wildman–Crippen LogP) is 2.41. The van der Waals surface area contributed by atoms with Gasteiger partial charge in [0, 0.05) is 19.2 Å². The van der Waals surface area contributed by atoms with Gasteiger partial charge >= 0.3 is 0 Å². The lowest BCUT2D eigenvalue weighted by Gasteiger charge is -1.96. The van der Waals surface area contributed by atoms with E-state index in [1.54, 1.807) is 6.20 Å². The van der Waals surface area contributed by atoms with Gasteiger partial charge in [-0.1, -0.05) is 0 Å². The molecule has 2 aromatic rings. The maximum absolute atomic E-state index is 4.51. The number of aliphatic imine (C=N–C) groups is 1. The van der Waals surface area contributed by atoms with Gasteiger partial charge in [0.1, 0.15) is 5.65 Å². The zero-order valence-corrected chi connectivity index (χ0v) is 7.64. The lowest BCUT2D eigenvalue weighted by molar-refractivity contribution is 1.09. The molecule has 0 atom stereocenters. The first-order chi connectivity index (χ1) is 6.42. The SMILES string of the molecule is S=C=NCc1ccnc2[nH]ccc12.[HH]. The number of fused-ring (bicyclic) bond motifs is 1. The number of H-pyrrole nitrogens is 1. The van der Waals surface area contributed by atoms with Crippen LogP contribution in [0.5, 0.6) is 0 Å². The fourth-order valence-corrected chi connectivity index (χ4v) is 1.34. The van der Waals surface area contributed by atoms with Crippen molar-refractivity contribution >= 4 is 28.4 Å². The molecule has 0 spiro atoms. The third kappa shape index (κ3) is 1.49. The van der Waals surface area contributed by atoms with Crippen LogP contribution >= 0.6 is 12.2 Å². The molecule has 0 aliphatic heterocycles. The molecule has 0 fully saturated rings. The predicted molar refractivity (Wildman–Crippen MR) is 56.9 cm³/mol. The first kappa shape index (κ1) is 8.10. The molecular weight excluding hydrogens is 182 g/mol. The Labute approximate surface area is 82.0 Å². The first-order valence-corrected chi connectivity index (χ1v) is 4.27. The molecule has 4 heteroatoms. The smallest absolute Gasteiger partial charge is 0.137 e. The summed E-state index contributed by atoms with van der Waals surface area (Å²) in [6.45, 7) is 0.570. The largest absolute Gasteiger partial charge is 0.346 e. The minimum absolute atomic E-state index is 0. The quantitative estimate of drug-likeness (QED) is 0.585. The monoisotopic (exact) mass is 191 g/mol. The van der Waals surface area contributed by atoms with Crippen LogP contribution in [-0.4, -0.2) is 15.1 Å². The molecule has 66 valence electrons. The summed E-state index contributed by atoms with van der Waals surface area (Å²) in [5.41, 5.74) is 2.00. The van der Waals surface area contributed by atoms with Crippen molar-refractivity contribution in [2.75, 3.05) is 0 Å². The summed E-state index contributed by atoms with van der Waals surface area (Å²) in [4.78, 5) is 11.1. The highest BCUT2D eigenvalue weighted by molar-refractivity contribution is 7.78. The van der Waals surface area contributed by atoms with Gasteiger partial charge < -0.3 is 4.98 Å². The third-order valence-electron chi connectivity index (χ3n) is 1.86. The number of nitrogens with one attached hydrogen (secondary N) is 1. The molecule has 0 bridgehead atoms. The summed E-state index contributed by atoms with van der Waals surface area (Å²) in [5.74, 6) is 0. The number of aromatic nitrogens is 2. The van der Waals surface area contributed by atoms with Crippen molar-refractivity contribution in [2.45, 2.75) is 6.54 Å². The molecular formula is C9H9N3S. The van der Waals surface area contributed by atoms with E-state index in [2.05, 4.69) is 32.3 Å². The maximum Gasteiger partial charge on any atom is 0.137 e. The van der Waals surface area contributed by atoms with Gasteiger partial charge in [0.25, 0.3) is 0 Å². The van der Waals surface area contributed by atoms with Crippen LogP contribution in [0, 0.1) is 0 Å². The summed E-state index contributed by atoms with van der Waals surface area (Å²) in [6, 6.07) is 3.92. The van der Waals surface area contributed by atoms with Crippen LogP contribution in [-0.2, 0) is 6.54 Å². The lowest BCUT2D eigenvalue weighted by atomic mass is 10.2. The van der Waals surface area contributed by atoms with Gasteiger partial charge in [-0.2, -0.15) is 0 Å². The molecule has 3 nitrogen and oxygen atoms in total. The molecule has 0 amide bonds. The van der Waals surface area contributed by atoms with Crippen molar-refractivity contribution < 1.29 is 1.43 Å². The molecule has 0 saturated carbocycles. The number of pyridine rings is 1. The van der Waals surface area contributed by atoms with Gasteiger partial charge in [-0.25, -0.2) is 9.98 Å². The Morgan fingerprint density at radius 1 is 1.62 bits per heavy atom. The van der Waals surface area contributed by atoms with Crippen molar-refractivity contribution in [1.82, 2.24) is 9.97 Å². The number of nitrogens with zero attached hydrogens (tertiary/aromatic N) is 2. The van der Waals surface area contributed by atoms with Crippen molar-refractivity contribution in [3.63, 3.8) is 0 Å². The van der Waals surface area contributed by atoms with Crippen LogP contribution in [0.2, 0.25) is 0 Å². The maximum atomic E-state index is 4.51. The van der Waals surface area contributed by atoms with Gasteiger partial charge in [-0.3, -0.25) is 0 Å². The second-order valence-corrected chi connectivity index (χ2v) is 2.80. The van der Waals surface area contributed by atoms with Crippen LogP contribution in [0.1, 0.15) is 6.99 Å². The number of thiocarbonyl (C=S) groups is 1. The first-order valence-electron chi connectivity index (χ1n) is 3.86. The van der Waals surface area contributed by atoms with E-state index in [4.69, 9.17) is 0 Å². The molecule has 0 saturated heterocycles. The highest BCUT2D eigenvalue weighted by Crippen LogP contribution is 2.15. The number of rotatable bonds is 2. The molecule has 1 N–H and O–H groups in total. The van der Waals surface area contributed by atoms with Crippen molar-refractivity contribution in [3.8, 4) is 0 Å². The average molecular weight is 191 g/mol. The molecule has 2 heterocycles. The van der Waals surface area contributed by atoms with Crippen LogP contribution < -0.4 is 0 Å². The van der Waals surface area contributed by atoms with Crippen LogP contribution in [0.15, 0.2) is 29.5 Å². The van der Waals surface area contributed by atoms with E-state index in [1.807, 2.05) is 18.3 Å². The normalized spacial score (nSPS) is 9.85. The molecule has 0 radical (unpaired) electrons. The fourth-order valence-electron chi connectivity index (χ4n) is 1.27. The van der Waals surface area contributed by atoms with E-state index in [0.29, 0.717) is 6.54 Å². The van der Waals surface area contributed by atoms with Crippen molar-refractivity contribution in [1.29, 1.82) is 0 Å². The van der Waals surface area contributed by atoms with E-state index >= 15 is 0 Å². The van der Waals surface area contributed by atoms with E-state index in [9.17, 15) is 0 Å². The van der Waals surface area contributed by atoms with Gasteiger partial charge in [0.05, 0.1) is 11.7 Å². The second-order valence-electron chi connectivity index (χ2n) is 2.62. The number of isothiocyanates is 1. The topological polar surface area (TPSA) is 41.0 Å². The minimum Gasteiger partial charge on any atom is -0.346 e. The highest BCUT2D eigenvalue weighted by atomic mass is 32.1. The zero-order chi connectivity index (χ0) is 9.10. The van der Waals surface area contributed by atoms with Gasteiger partial charge in [-0.15, -0.1) is 0 Å². The van der Waals surface area contributed by atoms with E-state index in [0.717, 1.165) is 16.6 Å². The van der Waals surface area contributed by atoms with Gasteiger partial charge in [-0.05, 0) is 29.9 Å². The minimum atomic E-state index is 0. The molecule has 0 aliphatic rings. The van der Waals surface area contributed by atoms with E-state index < -0.39 is 0 Å². The zero-order valence-electron chi connectivity index (χ0n) is 6.82. The van der Waals surface area contributed by atoms with E-state index in [1.165, 1.54) is 0 Å². The van der Waals surface area contributed by atoms with Crippen LogP contribution in [0.3, 0.4) is 0 Å². The van der Waals surface area contributed by atoms with Gasteiger partial charge in [0.15, 0.2) is 0 Å². The summed E-state index contributed by atoms with van der Waals surface area (Å²) in [7, 11) is 0. The molecule has 0 aliphatic carbocycles. The van der Waals surface area contributed by atoms with Crippen molar-refractivity contribution in [2.24, 2.45) is 4.99 Å². The Kier molecular flexibility index (Phi) is 2.17. The fraction of sp³-hybridized carbons (Fsp3) is 0.111. The molecule has 2 rings (SSSR count). The Morgan fingerprint density at radius 3 is 3.38 bits per heavy atom. The Morgan fingerprint density at radius 2 is 2.54 bits per heavy atom.